The van der Waals surface area contributed by atoms with Gasteiger partial charge in [-0.05, 0) is 104 Å². The van der Waals surface area contributed by atoms with E-state index in [2.05, 4.69) is 20.8 Å². The van der Waals surface area contributed by atoms with E-state index in [-0.39, 0.29) is 53.1 Å². The zero-order valence-corrected chi connectivity index (χ0v) is 18.2. The van der Waals surface area contributed by atoms with Crippen molar-refractivity contribution >= 4 is 5.97 Å². The molecule has 0 unspecified atom stereocenters. The Bertz CT molecular complexity index is 637. The van der Waals surface area contributed by atoms with Crippen molar-refractivity contribution < 1.29 is 25.2 Å². The fourth-order valence-corrected chi connectivity index (χ4v) is 8.68. The zero-order chi connectivity index (χ0) is 21.1. The molecule has 4 aliphatic carbocycles. The Hall–Kier alpha value is -0.650. The molecule has 29 heavy (non-hydrogen) atoms. The fraction of sp³-hybridized carbons (Fsp3) is 0.958. The molecule has 5 heteroatoms. The van der Waals surface area contributed by atoms with Crippen LogP contribution in [-0.2, 0) is 4.79 Å². The summed E-state index contributed by atoms with van der Waals surface area (Å²) in [5, 5.41) is 43.9. The summed E-state index contributed by atoms with van der Waals surface area (Å²) in [5.74, 6) is 0.635. The Kier molecular flexibility index (Phi) is 5.57. The van der Waals surface area contributed by atoms with Crippen LogP contribution in [0.25, 0.3) is 0 Å². The summed E-state index contributed by atoms with van der Waals surface area (Å²) in [6, 6.07) is 0. The maximum Gasteiger partial charge on any atom is 0.0602 e. The van der Waals surface area contributed by atoms with Gasteiger partial charge in [-0.25, -0.2) is 0 Å². The number of carbonyl (C=O) groups excluding carboxylic acids is 1. The van der Waals surface area contributed by atoms with Gasteiger partial charge in [0.2, 0.25) is 0 Å². The SMILES string of the molecule is C[C@H](CCC(=O)[O-])[C@H]1CC[C@H]2[C@@H]3[C@@H](O)C[C@@H]4C[C@@H](O)CC[C@]4(C)[C@H]3C[C@H](O)[C@]12C. The molecule has 4 fully saturated rings. The van der Waals surface area contributed by atoms with E-state index >= 15 is 0 Å². The van der Waals surface area contributed by atoms with Gasteiger partial charge in [0.25, 0.3) is 0 Å². The number of aliphatic hydroxyl groups is 3. The van der Waals surface area contributed by atoms with Crippen LogP contribution in [0.1, 0.15) is 78.6 Å². The van der Waals surface area contributed by atoms with Gasteiger partial charge < -0.3 is 25.2 Å². The number of aliphatic carboxylic acids is 1. The van der Waals surface area contributed by atoms with Crippen LogP contribution in [0.4, 0.5) is 0 Å². The monoisotopic (exact) mass is 407 g/mol. The van der Waals surface area contributed by atoms with Crippen LogP contribution >= 0.6 is 0 Å². The van der Waals surface area contributed by atoms with Crippen LogP contribution in [0.3, 0.4) is 0 Å². The van der Waals surface area contributed by atoms with Crippen LogP contribution in [0.2, 0.25) is 0 Å². The second-order valence-corrected chi connectivity index (χ2v) is 11.4. The Morgan fingerprint density at radius 2 is 1.79 bits per heavy atom. The minimum absolute atomic E-state index is 0.0747. The highest BCUT2D eigenvalue weighted by Crippen LogP contribution is 2.68. The molecule has 0 aromatic carbocycles. The summed E-state index contributed by atoms with van der Waals surface area (Å²) >= 11 is 0. The summed E-state index contributed by atoms with van der Waals surface area (Å²) in [5.41, 5.74) is -0.172. The second-order valence-electron chi connectivity index (χ2n) is 11.4. The number of carboxylic acid groups (broad SMARTS) is 1. The van der Waals surface area contributed by atoms with E-state index in [1.54, 1.807) is 0 Å². The normalized spacial score (nSPS) is 52.9. The molecule has 4 rings (SSSR count). The first-order chi connectivity index (χ1) is 13.6. The maximum absolute atomic E-state index is 11.5. The molecule has 11 atom stereocenters. The van der Waals surface area contributed by atoms with E-state index in [1.165, 1.54) is 0 Å². The number of fused-ring (bicyclic) bond motifs is 5. The summed E-state index contributed by atoms with van der Waals surface area (Å²) in [4.78, 5) is 11.0. The molecule has 0 aliphatic heterocycles. The smallest absolute Gasteiger partial charge is 0.0602 e. The lowest BCUT2D eigenvalue weighted by atomic mass is 9.43. The number of hydrogen-bond acceptors (Lipinski definition) is 5. The topological polar surface area (TPSA) is 101 Å². The predicted molar refractivity (Wildman–Crippen MR) is 107 cm³/mol. The lowest BCUT2D eigenvalue weighted by molar-refractivity contribution is -0.306. The van der Waals surface area contributed by atoms with Gasteiger partial charge in [-0.15, -0.1) is 0 Å². The standard InChI is InChI=1S/C24H40O5/c1-13(4-7-21(28)29)16-5-6-17-22-18(12-20(27)24(16,17)3)23(2)9-8-15(25)10-14(23)11-19(22)26/h13-20,22,25-27H,4-12H2,1-3H3,(H,28,29)/p-1/t13-,14+,15+,16-,17+,18+,19+,20+,22+,23+,24-/m1/s1. The summed E-state index contributed by atoms with van der Waals surface area (Å²) in [6.45, 7) is 6.67. The quantitative estimate of drug-likeness (QED) is 0.663. The van der Waals surface area contributed by atoms with Crippen LogP contribution < -0.4 is 5.11 Å². The number of aliphatic hydroxyl groups excluding tert-OH is 3. The molecular weight excluding hydrogens is 368 g/mol. The third-order valence-corrected chi connectivity index (χ3v) is 10.3. The molecule has 0 aromatic rings. The predicted octanol–water partition coefficient (Wildman–Crippen LogP) is 2.11. The molecule has 4 aliphatic rings. The van der Waals surface area contributed by atoms with Crippen molar-refractivity contribution in [3.05, 3.63) is 0 Å². The molecule has 4 saturated carbocycles. The molecule has 0 spiro atoms. The van der Waals surface area contributed by atoms with Crippen molar-refractivity contribution in [3.8, 4) is 0 Å². The average molecular weight is 408 g/mol. The molecular formula is C24H39O5-. The van der Waals surface area contributed by atoms with Crippen molar-refractivity contribution in [1.82, 2.24) is 0 Å². The first-order valence-electron chi connectivity index (χ1n) is 11.8. The first-order valence-corrected chi connectivity index (χ1v) is 11.8. The summed E-state index contributed by atoms with van der Waals surface area (Å²) < 4.78 is 0. The van der Waals surface area contributed by atoms with Crippen molar-refractivity contribution in [2.24, 2.45) is 46.3 Å². The van der Waals surface area contributed by atoms with Crippen LogP contribution in [0.5, 0.6) is 0 Å². The molecule has 3 N–H and O–H groups in total. The number of rotatable bonds is 4. The van der Waals surface area contributed by atoms with Gasteiger partial charge in [-0.2, -0.15) is 0 Å². The Labute approximate surface area is 174 Å². The van der Waals surface area contributed by atoms with Crippen molar-refractivity contribution in [2.75, 3.05) is 0 Å². The number of hydrogen-bond donors (Lipinski definition) is 3. The van der Waals surface area contributed by atoms with Gasteiger partial charge in [-0.1, -0.05) is 20.8 Å². The minimum atomic E-state index is -0.998. The zero-order valence-electron chi connectivity index (χ0n) is 18.2. The van der Waals surface area contributed by atoms with Crippen LogP contribution in [-0.4, -0.2) is 39.6 Å². The first kappa shape index (κ1) is 21.6. The van der Waals surface area contributed by atoms with Crippen molar-refractivity contribution in [3.63, 3.8) is 0 Å². The second kappa shape index (κ2) is 7.49. The molecule has 0 bridgehead atoms. The summed E-state index contributed by atoms with van der Waals surface area (Å²) in [6.07, 6.45) is 5.72. The summed E-state index contributed by atoms with van der Waals surface area (Å²) in [7, 11) is 0. The Balaban J connectivity index is 1.61. The third-order valence-electron chi connectivity index (χ3n) is 10.3. The van der Waals surface area contributed by atoms with E-state index in [1.807, 2.05) is 0 Å². The van der Waals surface area contributed by atoms with Gasteiger partial charge in [-0.3, -0.25) is 0 Å². The molecule has 0 heterocycles. The average Bonchev–Trinajstić information content (AvgIpc) is 3.01. The van der Waals surface area contributed by atoms with Gasteiger partial charge in [0.05, 0.1) is 18.3 Å². The van der Waals surface area contributed by atoms with Gasteiger partial charge in [0.1, 0.15) is 0 Å². The Morgan fingerprint density at radius 1 is 1.07 bits per heavy atom. The fourth-order valence-electron chi connectivity index (χ4n) is 8.68. The van der Waals surface area contributed by atoms with Gasteiger partial charge in [0, 0.05) is 5.97 Å². The lowest BCUT2D eigenvalue weighted by Gasteiger charge is -2.63. The van der Waals surface area contributed by atoms with Crippen molar-refractivity contribution in [2.45, 2.75) is 96.9 Å². The largest absolute Gasteiger partial charge is 0.550 e. The highest BCUT2D eigenvalue weighted by molar-refractivity contribution is 5.64. The number of carboxylic acids is 1. The highest BCUT2D eigenvalue weighted by atomic mass is 16.4. The molecule has 0 saturated heterocycles. The van der Waals surface area contributed by atoms with Crippen LogP contribution in [0.15, 0.2) is 0 Å². The van der Waals surface area contributed by atoms with E-state index in [4.69, 9.17) is 0 Å². The Morgan fingerprint density at radius 3 is 2.48 bits per heavy atom. The minimum Gasteiger partial charge on any atom is -0.550 e. The van der Waals surface area contributed by atoms with Crippen molar-refractivity contribution in [1.29, 1.82) is 0 Å². The molecule has 0 amide bonds. The highest BCUT2D eigenvalue weighted by Gasteiger charge is 2.65. The van der Waals surface area contributed by atoms with Crippen LogP contribution in [0, 0.1) is 46.3 Å². The van der Waals surface area contributed by atoms with E-state index < -0.39 is 12.1 Å². The third kappa shape index (κ3) is 3.27. The van der Waals surface area contributed by atoms with Gasteiger partial charge >= 0.3 is 0 Å². The van der Waals surface area contributed by atoms with E-state index in [0.29, 0.717) is 18.3 Å². The number of carbonyl (C=O) groups is 1. The lowest BCUT2D eigenvalue weighted by Crippen LogP contribution is -2.62. The van der Waals surface area contributed by atoms with E-state index in [9.17, 15) is 25.2 Å². The van der Waals surface area contributed by atoms with E-state index in [0.717, 1.165) is 44.9 Å². The molecule has 0 aromatic heterocycles. The molecule has 5 nitrogen and oxygen atoms in total. The molecule has 166 valence electrons. The maximum atomic E-state index is 11.5. The molecule has 0 radical (unpaired) electrons. The van der Waals surface area contributed by atoms with Gasteiger partial charge in [0.15, 0.2) is 0 Å².